The fourth-order valence-corrected chi connectivity index (χ4v) is 2.03. The Morgan fingerprint density at radius 1 is 1.09 bits per heavy atom. The van der Waals surface area contributed by atoms with Gasteiger partial charge < -0.3 is 15.1 Å². The number of benzene rings is 1. The topological polar surface area (TPSA) is 83.0 Å². The summed E-state index contributed by atoms with van der Waals surface area (Å²) in [6.07, 6.45) is 1.62. The highest BCUT2D eigenvalue weighted by Crippen LogP contribution is 2.22. The highest BCUT2D eigenvalue weighted by Gasteiger charge is 2.07. The molecule has 3 aromatic rings. The normalized spacial score (nSPS) is 10.5. The Morgan fingerprint density at radius 3 is 2.61 bits per heavy atom. The van der Waals surface area contributed by atoms with Gasteiger partial charge in [-0.05, 0) is 42.5 Å². The van der Waals surface area contributed by atoms with E-state index in [-0.39, 0.29) is 18.4 Å². The van der Waals surface area contributed by atoms with E-state index < -0.39 is 0 Å². The summed E-state index contributed by atoms with van der Waals surface area (Å²) in [5, 5.41) is 11.9. The Labute approximate surface area is 131 Å². The number of nitrogens with zero attached hydrogens (tertiary/aromatic N) is 1. The van der Waals surface area contributed by atoms with Gasteiger partial charge in [-0.3, -0.25) is 5.10 Å². The van der Waals surface area contributed by atoms with E-state index in [4.69, 9.17) is 4.42 Å². The maximum Gasteiger partial charge on any atom is 0.315 e. The number of aromatic amines is 1. The first-order valence-corrected chi connectivity index (χ1v) is 7.05. The molecule has 0 saturated heterocycles. The van der Waals surface area contributed by atoms with E-state index in [0.29, 0.717) is 18.1 Å². The third-order valence-corrected chi connectivity index (χ3v) is 3.21. The molecule has 0 bridgehead atoms. The lowest BCUT2D eigenvalue weighted by molar-refractivity contribution is 0.239. The summed E-state index contributed by atoms with van der Waals surface area (Å²) >= 11 is 0. The number of carbonyl (C=O) groups excluding carboxylic acids is 1. The van der Waals surface area contributed by atoms with E-state index in [9.17, 15) is 9.18 Å². The largest absolute Gasteiger partial charge is 0.459 e. The fraction of sp³-hybridized carbons (Fsp3) is 0.125. The molecule has 0 atom stereocenters. The molecule has 0 aliphatic heterocycles. The van der Waals surface area contributed by atoms with Gasteiger partial charge in [-0.15, -0.1) is 0 Å². The van der Waals surface area contributed by atoms with Gasteiger partial charge in [0.15, 0.2) is 0 Å². The van der Waals surface area contributed by atoms with E-state index in [1.165, 1.54) is 12.1 Å². The molecule has 0 radical (unpaired) electrons. The summed E-state index contributed by atoms with van der Waals surface area (Å²) in [7, 11) is 0. The van der Waals surface area contributed by atoms with Crippen LogP contribution in [0.1, 0.15) is 11.5 Å². The molecule has 3 rings (SSSR count). The predicted molar refractivity (Wildman–Crippen MR) is 81.8 cm³/mol. The van der Waals surface area contributed by atoms with Crippen LogP contribution in [-0.4, -0.2) is 16.2 Å². The third kappa shape index (κ3) is 3.97. The van der Waals surface area contributed by atoms with E-state index in [0.717, 1.165) is 11.3 Å². The first kappa shape index (κ1) is 14.8. The number of nitrogens with one attached hydrogen (secondary N) is 3. The van der Waals surface area contributed by atoms with Crippen molar-refractivity contribution >= 4 is 6.03 Å². The number of hydrogen-bond donors (Lipinski definition) is 3. The molecule has 0 aliphatic carbocycles. The van der Waals surface area contributed by atoms with Crippen LogP contribution >= 0.6 is 0 Å². The monoisotopic (exact) mass is 314 g/mol. The number of H-pyrrole nitrogens is 1. The minimum absolute atomic E-state index is 0.260. The molecule has 6 nitrogen and oxygen atoms in total. The van der Waals surface area contributed by atoms with Gasteiger partial charge in [-0.2, -0.15) is 5.10 Å². The predicted octanol–water partition coefficient (Wildman–Crippen LogP) is 2.81. The van der Waals surface area contributed by atoms with Gasteiger partial charge in [-0.1, -0.05) is 0 Å². The van der Waals surface area contributed by atoms with Crippen molar-refractivity contribution in [2.45, 2.75) is 13.1 Å². The summed E-state index contributed by atoms with van der Waals surface area (Å²) in [5.41, 5.74) is 1.60. The molecular formula is C16H15FN4O2. The quantitative estimate of drug-likeness (QED) is 0.677. The van der Waals surface area contributed by atoms with Crippen LogP contribution in [0.4, 0.5) is 9.18 Å². The fourth-order valence-electron chi connectivity index (χ4n) is 2.03. The Bertz CT molecular complexity index is 766. The number of urea groups is 1. The molecule has 23 heavy (non-hydrogen) atoms. The Hall–Kier alpha value is -3.09. The van der Waals surface area contributed by atoms with Crippen LogP contribution in [0.3, 0.4) is 0 Å². The first-order chi connectivity index (χ1) is 11.2. The van der Waals surface area contributed by atoms with Crippen molar-refractivity contribution in [1.82, 2.24) is 20.8 Å². The Balaban J connectivity index is 1.50. The molecule has 3 N–H and O–H groups in total. The van der Waals surface area contributed by atoms with Crippen LogP contribution < -0.4 is 10.6 Å². The minimum Gasteiger partial charge on any atom is -0.459 e. The van der Waals surface area contributed by atoms with Crippen LogP contribution in [-0.2, 0) is 13.1 Å². The third-order valence-electron chi connectivity index (χ3n) is 3.21. The summed E-state index contributed by atoms with van der Waals surface area (Å²) in [6.45, 7) is 0.626. The van der Waals surface area contributed by atoms with Gasteiger partial charge in [0.1, 0.15) is 17.3 Å². The zero-order chi connectivity index (χ0) is 16.1. The van der Waals surface area contributed by atoms with Gasteiger partial charge in [0.2, 0.25) is 0 Å². The summed E-state index contributed by atoms with van der Waals surface area (Å²) in [6, 6.07) is 11.1. The van der Waals surface area contributed by atoms with E-state index in [1.54, 1.807) is 36.5 Å². The zero-order valence-electron chi connectivity index (χ0n) is 12.2. The molecule has 118 valence electrons. The van der Waals surface area contributed by atoms with Crippen molar-refractivity contribution in [2.24, 2.45) is 0 Å². The first-order valence-electron chi connectivity index (χ1n) is 7.05. The maximum atomic E-state index is 12.9. The number of hydrogen-bond acceptors (Lipinski definition) is 3. The molecule has 2 amide bonds. The van der Waals surface area contributed by atoms with Crippen molar-refractivity contribution < 1.29 is 13.6 Å². The highest BCUT2D eigenvalue weighted by molar-refractivity contribution is 5.73. The molecule has 7 heteroatoms. The van der Waals surface area contributed by atoms with Gasteiger partial charge >= 0.3 is 6.03 Å². The molecule has 2 heterocycles. The van der Waals surface area contributed by atoms with E-state index >= 15 is 0 Å². The van der Waals surface area contributed by atoms with Gasteiger partial charge in [0.05, 0.1) is 18.8 Å². The molecule has 0 saturated carbocycles. The van der Waals surface area contributed by atoms with Gasteiger partial charge in [0.25, 0.3) is 0 Å². The molecule has 2 aromatic heterocycles. The van der Waals surface area contributed by atoms with Gasteiger partial charge in [-0.25, -0.2) is 9.18 Å². The highest BCUT2D eigenvalue weighted by atomic mass is 19.1. The van der Waals surface area contributed by atoms with Crippen molar-refractivity contribution in [3.63, 3.8) is 0 Å². The second kappa shape index (κ2) is 6.78. The summed E-state index contributed by atoms with van der Waals surface area (Å²) in [5.74, 6) is 0.941. The SMILES string of the molecule is O=C(NCc1ccn[nH]1)NCc1ccc(-c2ccc(F)cc2)o1. The number of aromatic nitrogens is 2. The average Bonchev–Trinajstić information content (AvgIpc) is 3.23. The zero-order valence-corrected chi connectivity index (χ0v) is 12.2. The second-order valence-electron chi connectivity index (χ2n) is 4.89. The van der Waals surface area contributed by atoms with Crippen molar-refractivity contribution in [3.05, 3.63) is 65.9 Å². The molecule has 0 unspecified atom stereocenters. The minimum atomic E-state index is -0.306. The second-order valence-corrected chi connectivity index (χ2v) is 4.89. The van der Waals surface area contributed by atoms with Crippen LogP contribution in [0, 0.1) is 5.82 Å². The van der Waals surface area contributed by atoms with E-state index in [2.05, 4.69) is 20.8 Å². The van der Waals surface area contributed by atoms with Crippen LogP contribution in [0.5, 0.6) is 0 Å². The maximum absolute atomic E-state index is 12.9. The molecule has 1 aromatic carbocycles. The van der Waals surface area contributed by atoms with E-state index in [1.807, 2.05) is 0 Å². The Kier molecular flexibility index (Phi) is 4.37. The summed E-state index contributed by atoms with van der Waals surface area (Å²) < 4.78 is 18.5. The van der Waals surface area contributed by atoms with Crippen LogP contribution in [0.25, 0.3) is 11.3 Å². The lowest BCUT2D eigenvalue weighted by Crippen LogP contribution is -2.34. The lowest BCUT2D eigenvalue weighted by atomic mass is 10.2. The molecule has 0 fully saturated rings. The van der Waals surface area contributed by atoms with Gasteiger partial charge in [0, 0.05) is 11.8 Å². The number of amides is 2. The lowest BCUT2D eigenvalue weighted by Gasteiger charge is -2.05. The Morgan fingerprint density at radius 2 is 1.87 bits per heavy atom. The van der Waals surface area contributed by atoms with Crippen LogP contribution in [0.2, 0.25) is 0 Å². The number of furan rings is 1. The number of halogens is 1. The van der Waals surface area contributed by atoms with Crippen molar-refractivity contribution in [2.75, 3.05) is 0 Å². The van der Waals surface area contributed by atoms with Crippen LogP contribution in [0.15, 0.2) is 53.1 Å². The number of carbonyl (C=O) groups is 1. The smallest absolute Gasteiger partial charge is 0.315 e. The molecule has 0 spiro atoms. The average molecular weight is 314 g/mol. The van der Waals surface area contributed by atoms with Crippen molar-refractivity contribution in [1.29, 1.82) is 0 Å². The standard InChI is InChI=1S/C16H15FN4O2/c17-12-3-1-11(2-4-12)15-6-5-14(23-15)10-19-16(22)18-9-13-7-8-20-21-13/h1-8H,9-10H2,(H,20,21)(H2,18,19,22). The molecule has 0 aliphatic rings. The molecular weight excluding hydrogens is 299 g/mol. The summed E-state index contributed by atoms with van der Waals surface area (Å²) in [4.78, 5) is 11.7. The number of rotatable bonds is 5. The van der Waals surface area contributed by atoms with Crippen molar-refractivity contribution in [3.8, 4) is 11.3 Å².